The first-order valence-corrected chi connectivity index (χ1v) is 7.39. The second-order valence-corrected chi connectivity index (χ2v) is 5.73. The lowest BCUT2D eigenvalue weighted by atomic mass is 10.1. The smallest absolute Gasteiger partial charge is 0.128 e. The zero-order valence-electron chi connectivity index (χ0n) is 12.0. The number of halogens is 1. The van der Waals surface area contributed by atoms with Gasteiger partial charge in [-0.15, -0.1) is 0 Å². The predicted octanol–water partition coefficient (Wildman–Crippen LogP) is 4.12. The molecule has 2 aromatic rings. The fraction of sp³-hybridized carbons (Fsp3) is 0.312. The molecule has 0 atom stereocenters. The van der Waals surface area contributed by atoms with Crippen molar-refractivity contribution < 1.29 is 4.74 Å². The van der Waals surface area contributed by atoms with Crippen LogP contribution in [0.4, 0.5) is 5.82 Å². The quantitative estimate of drug-likeness (QED) is 0.892. The molecule has 20 heavy (non-hydrogen) atoms. The van der Waals surface area contributed by atoms with Crippen molar-refractivity contribution in [3.8, 4) is 5.75 Å². The summed E-state index contributed by atoms with van der Waals surface area (Å²) in [6, 6.07) is 8.31. The van der Waals surface area contributed by atoms with E-state index in [1.54, 1.807) is 7.11 Å². The van der Waals surface area contributed by atoms with Crippen LogP contribution in [0.15, 0.2) is 34.9 Å². The van der Waals surface area contributed by atoms with Crippen LogP contribution in [0.1, 0.15) is 16.7 Å². The number of aromatic nitrogens is 1. The van der Waals surface area contributed by atoms with Crippen molar-refractivity contribution in [1.82, 2.24) is 4.98 Å². The molecule has 0 aliphatic rings. The fourth-order valence-electron chi connectivity index (χ4n) is 2.14. The Hall–Kier alpha value is -1.55. The molecule has 0 fully saturated rings. The Labute approximate surface area is 128 Å². The van der Waals surface area contributed by atoms with E-state index in [0.29, 0.717) is 0 Å². The van der Waals surface area contributed by atoms with Crippen molar-refractivity contribution in [2.75, 3.05) is 19.0 Å². The van der Waals surface area contributed by atoms with Gasteiger partial charge < -0.3 is 10.1 Å². The molecular weight excluding hydrogens is 316 g/mol. The summed E-state index contributed by atoms with van der Waals surface area (Å²) in [5, 5.41) is 3.37. The minimum atomic E-state index is 0.829. The molecule has 106 valence electrons. The first kappa shape index (κ1) is 14.9. The molecule has 2 rings (SSSR count). The van der Waals surface area contributed by atoms with E-state index in [2.05, 4.69) is 51.4 Å². The van der Waals surface area contributed by atoms with Crippen LogP contribution in [-0.4, -0.2) is 18.6 Å². The lowest BCUT2D eigenvalue weighted by molar-refractivity contribution is 0.410. The largest absolute Gasteiger partial charge is 0.496 e. The number of anilines is 1. The molecule has 0 saturated carbocycles. The maximum absolute atomic E-state index is 5.39. The summed E-state index contributed by atoms with van der Waals surface area (Å²) in [7, 11) is 1.71. The van der Waals surface area contributed by atoms with Gasteiger partial charge in [-0.05, 0) is 59.5 Å². The highest BCUT2D eigenvalue weighted by Crippen LogP contribution is 2.21. The molecule has 0 unspecified atom stereocenters. The highest BCUT2D eigenvalue weighted by atomic mass is 79.9. The first-order chi connectivity index (χ1) is 9.60. The minimum absolute atomic E-state index is 0.829. The van der Waals surface area contributed by atoms with Crippen molar-refractivity contribution in [3.05, 3.63) is 51.6 Å². The van der Waals surface area contributed by atoms with Crippen molar-refractivity contribution in [2.24, 2.45) is 0 Å². The predicted molar refractivity (Wildman–Crippen MR) is 86.6 cm³/mol. The lowest BCUT2D eigenvalue weighted by Gasteiger charge is -2.11. The van der Waals surface area contributed by atoms with E-state index in [9.17, 15) is 0 Å². The fourth-order valence-corrected chi connectivity index (χ4v) is 2.59. The van der Waals surface area contributed by atoms with Gasteiger partial charge in [0.25, 0.3) is 0 Å². The van der Waals surface area contributed by atoms with Crippen LogP contribution in [0.5, 0.6) is 5.75 Å². The van der Waals surface area contributed by atoms with Gasteiger partial charge >= 0.3 is 0 Å². The topological polar surface area (TPSA) is 34.1 Å². The van der Waals surface area contributed by atoms with Gasteiger partial charge in [0, 0.05) is 17.2 Å². The highest BCUT2D eigenvalue weighted by Gasteiger charge is 2.04. The molecule has 3 nitrogen and oxygen atoms in total. The highest BCUT2D eigenvalue weighted by molar-refractivity contribution is 9.10. The van der Waals surface area contributed by atoms with E-state index < -0.39 is 0 Å². The zero-order chi connectivity index (χ0) is 14.5. The van der Waals surface area contributed by atoms with Crippen molar-refractivity contribution in [1.29, 1.82) is 0 Å². The van der Waals surface area contributed by atoms with Crippen LogP contribution in [0.2, 0.25) is 0 Å². The molecule has 0 aliphatic carbocycles. The molecule has 1 N–H and O–H groups in total. The van der Waals surface area contributed by atoms with E-state index in [4.69, 9.17) is 4.74 Å². The lowest BCUT2D eigenvalue weighted by Crippen LogP contribution is -2.08. The van der Waals surface area contributed by atoms with Gasteiger partial charge in [-0.2, -0.15) is 0 Å². The summed E-state index contributed by atoms with van der Waals surface area (Å²) < 4.78 is 6.39. The van der Waals surface area contributed by atoms with Gasteiger partial charge in [0.1, 0.15) is 11.6 Å². The van der Waals surface area contributed by atoms with Gasteiger partial charge in [0.2, 0.25) is 0 Å². The van der Waals surface area contributed by atoms with E-state index >= 15 is 0 Å². The Morgan fingerprint density at radius 3 is 2.75 bits per heavy atom. The second kappa shape index (κ2) is 6.75. The van der Waals surface area contributed by atoms with Crippen molar-refractivity contribution >= 4 is 21.7 Å². The van der Waals surface area contributed by atoms with Crippen LogP contribution in [0, 0.1) is 13.8 Å². The molecule has 1 heterocycles. The molecule has 0 radical (unpaired) electrons. The van der Waals surface area contributed by atoms with Crippen LogP contribution < -0.4 is 10.1 Å². The number of nitrogens with zero attached hydrogens (tertiary/aromatic N) is 1. The van der Waals surface area contributed by atoms with Crippen molar-refractivity contribution in [2.45, 2.75) is 20.3 Å². The molecule has 0 amide bonds. The van der Waals surface area contributed by atoms with Crippen LogP contribution in [-0.2, 0) is 6.42 Å². The van der Waals surface area contributed by atoms with Crippen LogP contribution in [0.25, 0.3) is 0 Å². The average molecular weight is 335 g/mol. The molecule has 1 aromatic carbocycles. The molecule has 1 aromatic heterocycles. The zero-order valence-corrected chi connectivity index (χ0v) is 13.6. The Morgan fingerprint density at radius 1 is 1.25 bits per heavy atom. The molecular formula is C16H19BrN2O. The number of hydrogen-bond acceptors (Lipinski definition) is 3. The number of benzene rings is 1. The van der Waals surface area contributed by atoms with E-state index in [1.807, 2.05) is 19.2 Å². The third-order valence-corrected chi connectivity index (χ3v) is 3.60. The van der Waals surface area contributed by atoms with Gasteiger partial charge in [-0.25, -0.2) is 4.98 Å². The Morgan fingerprint density at radius 2 is 2.05 bits per heavy atom. The normalized spacial score (nSPS) is 10.4. The number of pyridine rings is 1. The van der Waals surface area contributed by atoms with Crippen LogP contribution in [0.3, 0.4) is 0 Å². The molecule has 0 aliphatic heterocycles. The van der Waals surface area contributed by atoms with Crippen LogP contribution >= 0.6 is 15.9 Å². The number of ether oxygens (including phenoxy) is 1. The summed E-state index contributed by atoms with van der Waals surface area (Å²) in [5.74, 6) is 1.87. The number of aryl methyl sites for hydroxylation is 2. The van der Waals surface area contributed by atoms with Gasteiger partial charge in [0.05, 0.1) is 7.11 Å². The summed E-state index contributed by atoms with van der Waals surface area (Å²) in [4.78, 5) is 4.38. The molecule has 0 saturated heterocycles. The first-order valence-electron chi connectivity index (χ1n) is 6.59. The summed E-state index contributed by atoms with van der Waals surface area (Å²) in [6.07, 6.45) is 2.71. The Balaban J connectivity index is 2.01. The molecule has 0 bridgehead atoms. The number of methoxy groups -OCH3 is 1. The van der Waals surface area contributed by atoms with E-state index in [1.165, 1.54) is 11.1 Å². The van der Waals surface area contributed by atoms with E-state index in [0.717, 1.165) is 34.6 Å². The van der Waals surface area contributed by atoms with Gasteiger partial charge in [-0.1, -0.05) is 17.7 Å². The third-order valence-electron chi connectivity index (χ3n) is 3.17. The maximum atomic E-state index is 5.39. The monoisotopic (exact) mass is 334 g/mol. The summed E-state index contributed by atoms with van der Waals surface area (Å²) in [5.41, 5.74) is 3.60. The van der Waals surface area contributed by atoms with Gasteiger partial charge in [0.15, 0.2) is 0 Å². The summed E-state index contributed by atoms with van der Waals surface area (Å²) in [6.45, 7) is 4.97. The Kier molecular flexibility index (Phi) is 5.01. The third kappa shape index (κ3) is 3.73. The number of rotatable bonds is 5. The molecule has 0 spiro atoms. The SMILES string of the molecule is COc1ccc(C)cc1CCNc1ncc(Br)cc1C. The van der Waals surface area contributed by atoms with E-state index in [-0.39, 0.29) is 0 Å². The molecule has 4 heteroatoms. The standard InChI is InChI=1S/C16H19BrN2O/c1-11-4-5-15(20-3)13(8-11)6-7-18-16-12(2)9-14(17)10-19-16/h4-5,8-10H,6-7H2,1-3H3,(H,18,19). The Bertz CT molecular complexity index is 599. The average Bonchev–Trinajstić information content (AvgIpc) is 2.41. The minimum Gasteiger partial charge on any atom is -0.496 e. The van der Waals surface area contributed by atoms with Crippen molar-refractivity contribution in [3.63, 3.8) is 0 Å². The summed E-state index contributed by atoms with van der Waals surface area (Å²) >= 11 is 3.42. The number of hydrogen-bond donors (Lipinski definition) is 1. The van der Waals surface area contributed by atoms with Gasteiger partial charge in [-0.3, -0.25) is 0 Å². The second-order valence-electron chi connectivity index (χ2n) is 4.81. The number of nitrogens with one attached hydrogen (secondary N) is 1. The maximum Gasteiger partial charge on any atom is 0.128 e.